The lowest BCUT2D eigenvalue weighted by Gasteiger charge is -2.44. The van der Waals surface area contributed by atoms with Crippen molar-refractivity contribution in [2.45, 2.75) is 68.4 Å². The first kappa shape index (κ1) is 27.8. The van der Waals surface area contributed by atoms with Crippen LogP contribution in [-0.2, 0) is 33.8 Å². The summed E-state index contributed by atoms with van der Waals surface area (Å²) in [6.45, 7) is 6.04. The second kappa shape index (κ2) is 9.90. The van der Waals surface area contributed by atoms with Crippen LogP contribution in [0.25, 0.3) is 10.9 Å². The lowest BCUT2D eigenvalue weighted by Crippen LogP contribution is -2.71. The van der Waals surface area contributed by atoms with Gasteiger partial charge in [0.1, 0.15) is 34.8 Å². The van der Waals surface area contributed by atoms with E-state index in [1.165, 1.54) is 47.1 Å². The van der Waals surface area contributed by atoms with E-state index in [9.17, 15) is 34.2 Å². The Morgan fingerprint density at radius 3 is 2.50 bits per heavy atom. The van der Waals surface area contributed by atoms with Crippen LogP contribution < -0.4 is 16.1 Å². The minimum Gasteiger partial charge on any atom is -0.508 e. The number of fused-ring (bicyclic) bond motifs is 1. The Kier molecular flexibility index (Phi) is 6.56. The van der Waals surface area contributed by atoms with E-state index in [1.54, 1.807) is 13.8 Å². The summed E-state index contributed by atoms with van der Waals surface area (Å²) in [5.41, 5.74) is 2.52. The molecule has 2 saturated heterocycles. The van der Waals surface area contributed by atoms with Crippen LogP contribution >= 0.6 is 11.8 Å². The first-order valence-electron chi connectivity index (χ1n) is 13.7. The van der Waals surface area contributed by atoms with E-state index < -0.39 is 57.4 Å². The van der Waals surface area contributed by atoms with E-state index in [1.807, 2.05) is 23.6 Å². The van der Waals surface area contributed by atoms with Crippen molar-refractivity contribution in [1.29, 1.82) is 0 Å². The molecule has 218 valence electrons. The molecule has 3 aliphatic rings. The highest BCUT2D eigenvalue weighted by Crippen LogP contribution is 2.50. The summed E-state index contributed by atoms with van der Waals surface area (Å²) in [6.07, 6.45) is 2.88. The standard InChI is InChI=1S/C30H30N4O7S/c1-4-14-5-6-16-11-12-33-13-18(23(36)19(14)22(16)33)25(37)31-20(15-7-9-17(35)10-8-15)26(38)32-21-27(39)34-24(29(40)41)30(2,3)42-28(21)34/h5-10,13,20-21,24,28,35H,4,11-12H2,1-3H3,(H,31,37)(H,32,38)(H,40,41). The molecule has 4 atom stereocenters. The molecule has 0 aliphatic carbocycles. The van der Waals surface area contributed by atoms with Crippen LogP contribution in [0.1, 0.15) is 53.9 Å². The van der Waals surface area contributed by atoms with E-state index >= 15 is 0 Å². The monoisotopic (exact) mass is 590 g/mol. The highest BCUT2D eigenvalue weighted by molar-refractivity contribution is 8.01. The Hall–Kier alpha value is -4.32. The molecule has 3 amide bonds. The number of pyridine rings is 1. The van der Waals surface area contributed by atoms with E-state index in [0.29, 0.717) is 23.9 Å². The summed E-state index contributed by atoms with van der Waals surface area (Å²) in [6, 6.07) is 6.27. The first-order chi connectivity index (χ1) is 19.9. The number of aromatic hydroxyl groups is 1. The number of amides is 3. The first-order valence-corrected chi connectivity index (χ1v) is 14.6. The summed E-state index contributed by atoms with van der Waals surface area (Å²) in [5.74, 6) is -3.13. The number of aliphatic carboxylic acids is 1. The zero-order valence-corrected chi connectivity index (χ0v) is 24.0. The topological polar surface area (TPSA) is 158 Å². The molecule has 12 heteroatoms. The zero-order chi connectivity index (χ0) is 30.1. The number of aromatic nitrogens is 1. The second-order valence-corrected chi connectivity index (χ2v) is 13.1. The Morgan fingerprint density at radius 2 is 1.83 bits per heavy atom. The van der Waals surface area contributed by atoms with Gasteiger partial charge in [-0.3, -0.25) is 19.2 Å². The van der Waals surface area contributed by atoms with Gasteiger partial charge in [0.2, 0.25) is 17.2 Å². The van der Waals surface area contributed by atoms with Crippen LogP contribution in [0, 0.1) is 0 Å². The number of aryl methyl sites for hydroxylation is 3. The SMILES string of the molecule is CCc1ccc2c3c1c(=O)c(C(=O)NC(C(=O)NC1C(=O)N4C1SC(C)(C)C4C(=O)O)c1ccc(O)cc1)cn3CC2. The molecule has 2 aromatic carbocycles. The Labute approximate surface area is 244 Å². The number of carboxylic acids is 1. The van der Waals surface area contributed by atoms with Crippen molar-refractivity contribution >= 4 is 46.4 Å². The maximum absolute atomic E-state index is 13.7. The maximum Gasteiger partial charge on any atom is 0.327 e. The summed E-state index contributed by atoms with van der Waals surface area (Å²) >= 11 is 1.29. The van der Waals surface area contributed by atoms with Crippen LogP contribution in [-0.4, -0.2) is 65.6 Å². The van der Waals surface area contributed by atoms with Gasteiger partial charge in [-0.1, -0.05) is 31.2 Å². The third kappa shape index (κ3) is 4.23. The van der Waals surface area contributed by atoms with Gasteiger partial charge in [-0.25, -0.2) is 4.79 Å². The minimum atomic E-state index is -1.31. The molecule has 4 heterocycles. The summed E-state index contributed by atoms with van der Waals surface area (Å²) < 4.78 is 1.13. The van der Waals surface area contributed by atoms with Gasteiger partial charge in [0.25, 0.3) is 5.91 Å². The number of nitrogens with one attached hydrogen (secondary N) is 2. The molecule has 0 radical (unpaired) electrons. The summed E-state index contributed by atoms with van der Waals surface area (Å²) in [5, 5.41) is 24.8. The number of phenols is 1. The number of thioether (sulfide) groups is 1. The minimum absolute atomic E-state index is 0.0444. The average Bonchev–Trinajstić information content (AvgIpc) is 3.48. The van der Waals surface area contributed by atoms with E-state index in [4.69, 9.17) is 0 Å². The number of β-lactam (4-membered cyclic amide) rings is 1. The number of hydrogen-bond donors (Lipinski definition) is 4. The molecule has 11 nitrogen and oxygen atoms in total. The Morgan fingerprint density at radius 1 is 1.12 bits per heavy atom. The predicted molar refractivity (Wildman–Crippen MR) is 155 cm³/mol. The quantitative estimate of drug-likeness (QED) is 0.304. The molecular formula is C30H30N4O7S. The molecule has 4 unspecified atom stereocenters. The molecular weight excluding hydrogens is 560 g/mol. The highest BCUT2D eigenvalue weighted by Gasteiger charge is 2.64. The van der Waals surface area contributed by atoms with Crippen LogP contribution in [0.3, 0.4) is 0 Å². The zero-order valence-electron chi connectivity index (χ0n) is 23.2. The van der Waals surface area contributed by atoms with Crippen molar-refractivity contribution in [2.75, 3.05) is 0 Å². The molecule has 6 rings (SSSR count). The third-order valence-electron chi connectivity index (χ3n) is 8.38. The summed E-state index contributed by atoms with van der Waals surface area (Å²) in [7, 11) is 0. The Bertz CT molecular complexity index is 1730. The molecule has 4 N–H and O–H groups in total. The normalized spacial score (nSPS) is 22.4. The molecule has 42 heavy (non-hydrogen) atoms. The van der Waals surface area contributed by atoms with Gasteiger partial charge in [-0.15, -0.1) is 11.8 Å². The van der Waals surface area contributed by atoms with Gasteiger partial charge >= 0.3 is 5.97 Å². The fraction of sp³-hybridized carbons (Fsp3) is 0.367. The molecule has 3 aliphatic heterocycles. The van der Waals surface area contributed by atoms with Crippen molar-refractivity contribution in [3.8, 4) is 5.75 Å². The molecule has 3 aromatic rings. The van der Waals surface area contributed by atoms with Crippen LogP contribution in [0.4, 0.5) is 0 Å². The van der Waals surface area contributed by atoms with Gasteiger partial charge in [-0.05, 0) is 55.5 Å². The average molecular weight is 591 g/mol. The van der Waals surface area contributed by atoms with E-state index in [2.05, 4.69) is 10.6 Å². The van der Waals surface area contributed by atoms with Crippen molar-refractivity contribution in [1.82, 2.24) is 20.1 Å². The molecule has 0 bridgehead atoms. The predicted octanol–water partition coefficient (Wildman–Crippen LogP) is 1.93. The number of benzene rings is 2. The number of phenolic OH excluding ortho intramolecular Hbond substituents is 1. The molecule has 2 fully saturated rings. The Balaban J connectivity index is 1.31. The van der Waals surface area contributed by atoms with Crippen LogP contribution in [0.2, 0.25) is 0 Å². The largest absolute Gasteiger partial charge is 0.508 e. The van der Waals surface area contributed by atoms with Crippen molar-refractivity contribution < 1.29 is 29.4 Å². The number of hydrogen-bond acceptors (Lipinski definition) is 7. The number of nitrogens with zero attached hydrogens (tertiary/aromatic N) is 2. The van der Waals surface area contributed by atoms with E-state index in [-0.39, 0.29) is 11.3 Å². The highest BCUT2D eigenvalue weighted by atomic mass is 32.2. The van der Waals surface area contributed by atoms with Crippen LogP contribution in [0.5, 0.6) is 5.75 Å². The van der Waals surface area contributed by atoms with Gasteiger partial charge in [0, 0.05) is 22.9 Å². The summed E-state index contributed by atoms with van der Waals surface area (Å²) in [4.78, 5) is 67.1. The number of carbonyl (C=O) groups is 4. The van der Waals surface area contributed by atoms with Gasteiger partial charge < -0.3 is 30.3 Å². The van der Waals surface area contributed by atoms with Crippen molar-refractivity contribution in [3.63, 3.8) is 0 Å². The fourth-order valence-electron chi connectivity index (χ4n) is 6.30. The lowest BCUT2D eigenvalue weighted by molar-refractivity contribution is -0.161. The molecule has 0 saturated carbocycles. The molecule has 0 spiro atoms. The van der Waals surface area contributed by atoms with E-state index in [0.717, 1.165) is 23.1 Å². The van der Waals surface area contributed by atoms with Gasteiger partial charge in [0.05, 0.1) is 5.52 Å². The van der Waals surface area contributed by atoms with Gasteiger partial charge in [0.15, 0.2) is 0 Å². The number of carboxylic acid groups (broad SMARTS) is 1. The van der Waals surface area contributed by atoms with Crippen molar-refractivity contribution in [3.05, 3.63) is 75.1 Å². The molecule has 1 aromatic heterocycles. The third-order valence-corrected chi connectivity index (χ3v) is 9.95. The number of rotatable bonds is 7. The van der Waals surface area contributed by atoms with Crippen molar-refractivity contribution in [2.24, 2.45) is 0 Å². The fourth-order valence-corrected chi connectivity index (χ4v) is 7.93. The van der Waals surface area contributed by atoms with Gasteiger partial charge in [-0.2, -0.15) is 0 Å². The lowest BCUT2D eigenvalue weighted by atomic mass is 9.95. The smallest absolute Gasteiger partial charge is 0.327 e. The maximum atomic E-state index is 13.7. The second-order valence-electron chi connectivity index (χ2n) is 11.4. The number of carbonyl (C=O) groups excluding carboxylic acids is 3. The van der Waals surface area contributed by atoms with Crippen LogP contribution in [0.15, 0.2) is 47.4 Å².